The largest absolute Gasteiger partial charge is 0.350 e. The molecule has 2 unspecified atom stereocenters. The molecule has 0 aromatic rings. The monoisotopic (exact) mass is 268 g/mol. The summed E-state index contributed by atoms with van der Waals surface area (Å²) >= 11 is 0. The number of hydrogen-bond acceptors (Lipinski definition) is 2. The van der Waals surface area contributed by atoms with Crippen molar-refractivity contribution in [1.29, 1.82) is 0 Å². The van der Waals surface area contributed by atoms with Crippen molar-refractivity contribution >= 4 is 5.91 Å². The predicted octanol–water partition coefficient (Wildman–Crippen LogP) is 3.24. The second kappa shape index (κ2) is 6.25. The van der Waals surface area contributed by atoms with Crippen molar-refractivity contribution in [3.05, 3.63) is 0 Å². The van der Waals surface area contributed by atoms with Crippen LogP contribution < -0.4 is 10.6 Å². The van der Waals surface area contributed by atoms with Crippen LogP contribution in [0.15, 0.2) is 0 Å². The summed E-state index contributed by atoms with van der Waals surface area (Å²) in [4.78, 5) is 12.2. The molecule has 1 amide bonds. The summed E-state index contributed by atoms with van der Waals surface area (Å²) in [5.74, 6) is 0.119. The molecule has 1 aliphatic rings. The minimum absolute atomic E-state index is 0.116. The Bertz CT molecular complexity index is 310. The van der Waals surface area contributed by atoms with Gasteiger partial charge in [-0.1, -0.05) is 33.6 Å². The molecule has 3 heteroatoms. The number of carbonyl (C=O) groups excluding carboxylic acids is 1. The number of hydrogen-bond donors (Lipinski definition) is 2. The Balaban J connectivity index is 2.54. The first-order valence-corrected chi connectivity index (χ1v) is 7.76. The zero-order valence-electron chi connectivity index (χ0n) is 13.6. The third kappa shape index (κ3) is 4.79. The lowest BCUT2D eigenvalue weighted by Crippen LogP contribution is -2.55. The van der Waals surface area contributed by atoms with E-state index in [0.29, 0.717) is 11.5 Å². The third-order valence-corrected chi connectivity index (χ3v) is 4.70. The second-order valence-electron chi connectivity index (χ2n) is 7.40. The molecule has 0 bridgehead atoms. The zero-order valence-corrected chi connectivity index (χ0v) is 13.6. The van der Waals surface area contributed by atoms with Crippen LogP contribution >= 0.6 is 0 Å². The van der Waals surface area contributed by atoms with Crippen LogP contribution in [-0.2, 0) is 4.79 Å². The normalized spacial score (nSPS) is 24.8. The van der Waals surface area contributed by atoms with E-state index in [1.165, 1.54) is 25.7 Å². The molecule has 1 saturated carbocycles. The fourth-order valence-corrected chi connectivity index (χ4v) is 2.71. The molecular weight excluding hydrogens is 236 g/mol. The lowest BCUT2D eigenvalue weighted by Gasteiger charge is -2.40. The number of nitrogens with one attached hydrogen (secondary N) is 2. The highest BCUT2D eigenvalue weighted by Crippen LogP contribution is 2.35. The standard InChI is InChI=1S/C16H32N2O/c1-7-16(5,6)18-14(19)12(2)17-13-10-8-9-11-15(13,3)4/h12-13,17H,7-11H2,1-6H3,(H,18,19). The van der Waals surface area contributed by atoms with Gasteiger partial charge in [-0.25, -0.2) is 0 Å². The number of carbonyl (C=O) groups is 1. The van der Waals surface area contributed by atoms with Crippen molar-refractivity contribution in [1.82, 2.24) is 10.6 Å². The van der Waals surface area contributed by atoms with Gasteiger partial charge in [0.05, 0.1) is 6.04 Å². The van der Waals surface area contributed by atoms with Gasteiger partial charge in [-0.05, 0) is 45.4 Å². The SMILES string of the molecule is CCC(C)(C)NC(=O)C(C)NC1CCCCC1(C)C. The molecule has 2 N–H and O–H groups in total. The highest BCUT2D eigenvalue weighted by Gasteiger charge is 2.34. The molecule has 0 aliphatic heterocycles. The maximum Gasteiger partial charge on any atom is 0.237 e. The van der Waals surface area contributed by atoms with Crippen LogP contribution in [0.3, 0.4) is 0 Å². The molecule has 0 heterocycles. The van der Waals surface area contributed by atoms with Gasteiger partial charge in [-0.3, -0.25) is 4.79 Å². The second-order valence-corrected chi connectivity index (χ2v) is 7.40. The first-order chi connectivity index (χ1) is 8.68. The summed E-state index contributed by atoms with van der Waals surface area (Å²) in [6.45, 7) is 12.8. The predicted molar refractivity (Wildman–Crippen MR) is 81.1 cm³/mol. The maximum absolute atomic E-state index is 12.2. The molecule has 112 valence electrons. The van der Waals surface area contributed by atoms with E-state index in [2.05, 4.69) is 45.3 Å². The van der Waals surface area contributed by atoms with E-state index >= 15 is 0 Å². The highest BCUT2D eigenvalue weighted by molar-refractivity contribution is 5.82. The molecule has 0 aromatic carbocycles. The minimum Gasteiger partial charge on any atom is -0.350 e. The molecule has 1 fully saturated rings. The van der Waals surface area contributed by atoms with Crippen molar-refractivity contribution in [2.45, 2.75) is 91.3 Å². The fraction of sp³-hybridized carbons (Fsp3) is 0.938. The topological polar surface area (TPSA) is 41.1 Å². The summed E-state index contributed by atoms with van der Waals surface area (Å²) in [7, 11) is 0. The fourth-order valence-electron chi connectivity index (χ4n) is 2.71. The lowest BCUT2D eigenvalue weighted by atomic mass is 9.73. The third-order valence-electron chi connectivity index (χ3n) is 4.70. The van der Waals surface area contributed by atoms with Crippen molar-refractivity contribution in [3.63, 3.8) is 0 Å². The summed E-state index contributed by atoms with van der Waals surface area (Å²) < 4.78 is 0. The Morgan fingerprint density at radius 2 is 2.00 bits per heavy atom. The summed E-state index contributed by atoms with van der Waals surface area (Å²) in [6, 6.07) is 0.333. The molecule has 1 rings (SSSR count). The van der Waals surface area contributed by atoms with Crippen LogP contribution in [0.4, 0.5) is 0 Å². The molecular formula is C16H32N2O. The van der Waals surface area contributed by atoms with Gasteiger partial charge in [-0.2, -0.15) is 0 Å². The number of rotatable bonds is 5. The average Bonchev–Trinajstić information content (AvgIpc) is 2.31. The van der Waals surface area contributed by atoms with E-state index in [1.807, 2.05) is 6.92 Å². The van der Waals surface area contributed by atoms with Gasteiger partial charge in [0.1, 0.15) is 0 Å². The summed E-state index contributed by atoms with van der Waals surface area (Å²) in [5, 5.41) is 6.66. The lowest BCUT2D eigenvalue weighted by molar-refractivity contribution is -0.124. The van der Waals surface area contributed by atoms with Gasteiger partial charge < -0.3 is 10.6 Å². The van der Waals surface area contributed by atoms with Crippen LogP contribution in [0.25, 0.3) is 0 Å². The molecule has 19 heavy (non-hydrogen) atoms. The molecule has 0 radical (unpaired) electrons. The van der Waals surface area contributed by atoms with Gasteiger partial charge in [0.2, 0.25) is 5.91 Å². The minimum atomic E-state index is -0.117. The quantitative estimate of drug-likeness (QED) is 0.803. The number of amides is 1. The van der Waals surface area contributed by atoms with Gasteiger partial charge in [0.15, 0.2) is 0 Å². The van der Waals surface area contributed by atoms with E-state index < -0.39 is 0 Å². The molecule has 0 spiro atoms. The maximum atomic E-state index is 12.2. The van der Waals surface area contributed by atoms with Crippen molar-refractivity contribution in [3.8, 4) is 0 Å². The Kier molecular flexibility index (Phi) is 5.43. The van der Waals surface area contributed by atoms with Crippen LogP contribution in [-0.4, -0.2) is 23.5 Å². The molecule has 3 nitrogen and oxygen atoms in total. The Labute approximate surface area is 118 Å². The van der Waals surface area contributed by atoms with Gasteiger partial charge in [0.25, 0.3) is 0 Å². The van der Waals surface area contributed by atoms with Crippen molar-refractivity contribution in [2.24, 2.45) is 5.41 Å². The molecule has 0 saturated heterocycles. The van der Waals surface area contributed by atoms with Crippen molar-refractivity contribution in [2.75, 3.05) is 0 Å². The van der Waals surface area contributed by atoms with Crippen LogP contribution in [0.1, 0.15) is 73.6 Å². The van der Waals surface area contributed by atoms with E-state index in [4.69, 9.17) is 0 Å². The van der Waals surface area contributed by atoms with E-state index in [-0.39, 0.29) is 17.5 Å². The van der Waals surface area contributed by atoms with Gasteiger partial charge in [-0.15, -0.1) is 0 Å². The molecule has 1 aliphatic carbocycles. The van der Waals surface area contributed by atoms with Crippen molar-refractivity contribution < 1.29 is 4.79 Å². The van der Waals surface area contributed by atoms with E-state index in [1.54, 1.807) is 0 Å². The van der Waals surface area contributed by atoms with E-state index in [0.717, 1.165) is 6.42 Å². The smallest absolute Gasteiger partial charge is 0.237 e. The Morgan fingerprint density at radius 3 is 2.53 bits per heavy atom. The summed E-state index contributed by atoms with van der Waals surface area (Å²) in [5.41, 5.74) is 0.183. The highest BCUT2D eigenvalue weighted by atomic mass is 16.2. The van der Waals surface area contributed by atoms with E-state index in [9.17, 15) is 4.79 Å². The van der Waals surface area contributed by atoms with Gasteiger partial charge in [0, 0.05) is 11.6 Å². The van der Waals surface area contributed by atoms with Crippen LogP contribution in [0, 0.1) is 5.41 Å². The Morgan fingerprint density at radius 1 is 1.37 bits per heavy atom. The molecule has 0 aromatic heterocycles. The molecule has 2 atom stereocenters. The van der Waals surface area contributed by atoms with Gasteiger partial charge >= 0.3 is 0 Å². The average molecular weight is 268 g/mol. The van der Waals surface area contributed by atoms with Crippen LogP contribution in [0.5, 0.6) is 0 Å². The first kappa shape index (κ1) is 16.5. The van der Waals surface area contributed by atoms with Crippen LogP contribution in [0.2, 0.25) is 0 Å². The summed E-state index contributed by atoms with van der Waals surface area (Å²) in [6.07, 6.45) is 5.96. The zero-order chi connectivity index (χ0) is 14.7. The first-order valence-electron chi connectivity index (χ1n) is 7.76. The Hall–Kier alpha value is -0.570.